The quantitative estimate of drug-likeness (QED) is 0.894. The second-order valence-electron chi connectivity index (χ2n) is 5.70. The van der Waals surface area contributed by atoms with E-state index in [1.165, 1.54) is 12.1 Å². The van der Waals surface area contributed by atoms with Crippen molar-refractivity contribution >= 4 is 5.97 Å². The number of halogens is 3. The molecule has 0 aliphatic heterocycles. The fourth-order valence-corrected chi connectivity index (χ4v) is 2.04. The van der Waals surface area contributed by atoms with Gasteiger partial charge in [-0.05, 0) is 25.5 Å². The Kier molecular flexibility index (Phi) is 4.20. The molecule has 0 amide bonds. The van der Waals surface area contributed by atoms with Crippen LogP contribution in [0.5, 0.6) is 0 Å². The highest BCUT2D eigenvalue weighted by Gasteiger charge is 2.42. The van der Waals surface area contributed by atoms with Gasteiger partial charge in [0.05, 0.1) is 12.0 Å². The average Bonchev–Trinajstić information content (AvgIpc) is 2.25. The second kappa shape index (κ2) is 5.09. The van der Waals surface area contributed by atoms with Crippen LogP contribution in [-0.2, 0) is 16.4 Å². The lowest BCUT2D eigenvalue weighted by Crippen LogP contribution is -2.53. The summed E-state index contributed by atoms with van der Waals surface area (Å²) >= 11 is 0. The minimum Gasteiger partial charge on any atom is -0.481 e. The maximum absolute atomic E-state index is 12.8. The molecule has 0 heterocycles. The Hall–Kier alpha value is -1.56. The Morgan fingerprint density at radius 1 is 1.20 bits per heavy atom. The van der Waals surface area contributed by atoms with E-state index >= 15 is 0 Å². The number of aliphatic carboxylic acids is 1. The highest BCUT2D eigenvalue weighted by Crippen LogP contribution is 2.39. The summed E-state index contributed by atoms with van der Waals surface area (Å²) in [6.45, 7) is 4.78. The van der Waals surface area contributed by atoms with E-state index in [1.807, 2.05) is 0 Å². The van der Waals surface area contributed by atoms with Gasteiger partial charge in [-0.15, -0.1) is 0 Å². The molecule has 6 heteroatoms. The van der Waals surface area contributed by atoms with Crippen LogP contribution < -0.4 is 5.73 Å². The van der Waals surface area contributed by atoms with Crippen LogP contribution in [0.4, 0.5) is 13.2 Å². The molecule has 3 N–H and O–H groups in total. The molecule has 0 saturated heterocycles. The normalized spacial score (nSPS) is 15.8. The van der Waals surface area contributed by atoms with Gasteiger partial charge < -0.3 is 10.8 Å². The maximum Gasteiger partial charge on any atom is 0.416 e. The number of alkyl halides is 3. The minimum absolute atomic E-state index is 0.266. The van der Waals surface area contributed by atoms with E-state index in [4.69, 9.17) is 10.8 Å². The third-order valence-electron chi connectivity index (χ3n) is 3.75. The van der Waals surface area contributed by atoms with Crippen molar-refractivity contribution in [2.75, 3.05) is 0 Å². The van der Waals surface area contributed by atoms with Crippen molar-refractivity contribution in [3.8, 4) is 0 Å². The van der Waals surface area contributed by atoms with Crippen molar-refractivity contribution in [1.29, 1.82) is 0 Å². The molecule has 0 bridgehead atoms. The van der Waals surface area contributed by atoms with Crippen molar-refractivity contribution in [2.24, 2.45) is 5.73 Å². The van der Waals surface area contributed by atoms with Gasteiger partial charge in [0.1, 0.15) is 0 Å². The van der Waals surface area contributed by atoms with Crippen LogP contribution in [-0.4, -0.2) is 16.6 Å². The second-order valence-corrected chi connectivity index (χ2v) is 5.70. The Balaban J connectivity index is 3.40. The van der Waals surface area contributed by atoms with Gasteiger partial charge in [-0.3, -0.25) is 4.79 Å². The molecule has 1 aromatic carbocycles. The molecule has 0 saturated carbocycles. The lowest BCUT2D eigenvalue weighted by atomic mass is 9.66. The van der Waals surface area contributed by atoms with Crippen molar-refractivity contribution < 1.29 is 23.1 Å². The van der Waals surface area contributed by atoms with E-state index < -0.39 is 28.7 Å². The SMILES string of the molecule is CC(C)(N)C(C)(CC(=O)O)c1cccc(C(F)(F)F)c1. The number of hydrogen-bond donors (Lipinski definition) is 2. The number of rotatable bonds is 4. The molecule has 20 heavy (non-hydrogen) atoms. The lowest BCUT2D eigenvalue weighted by Gasteiger charge is -2.41. The smallest absolute Gasteiger partial charge is 0.416 e. The zero-order valence-electron chi connectivity index (χ0n) is 11.6. The van der Waals surface area contributed by atoms with Crippen LogP contribution in [0.15, 0.2) is 24.3 Å². The zero-order chi connectivity index (χ0) is 15.8. The van der Waals surface area contributed by atoms with Gasteiger partial charge in [-0.2, -0.15) is 13.2 Å². The highest BCUT2D eigenvalue weighted by molar-refractivity contribution is 5.69. The molecule has 0 radical (unpaired) electrons. The number of carboxylic acids is 1. The first-order valence-electron chi connectivity index (χ1n) is 6.06. The fraction of sp³-hybridized carbons (Fsp3) is 0.500. The molecule has 3 nitrogen and oxygen atoms in total. The van der Waals surface area contributed by atoms with Crippen molar-refractivity contribution in [2.45, 2.75) is 44.3 Å². The molecule has 112 valence electrons. The molecular formula is C14H18F3NO2. The van der Waals surface area contributed by atoms with Crippen LogP contribution in [0.2, 0.25) is 0 Å². The first-order valence-corrected chi connectivity index (χ1v) is 6.06. The number of benzene rings is 1. The van der Waals surface area contributed by atoms with Crippen molar-refractivity contribution in [1.82, 2.24) is 0 Å². The molecule has 0 fully saturated rings. The number of carbonyl (C=O) groups is 1. The summed E-state index contributed by atoms with van der Waals surface area (Å²) in [5.41, 5.74) is 3.36. The van der Waals surface area contributed by atoms with Crippen LogP contribution in [0, 0.1) is 0 Å². The summed E-state index contributed by atoms with van der Waals surface area (Å²) in [6.07, 6.45) is -4.82. The molecule has 0 spiro atoms. The summed E-state index contributed by atoms with van der Waals surface area (Å²) in [5, 5.41) is 9.03. The predicted octanol–water partition coefficient (Wildman–Crippen LogP) is 3.18. The summed E-state index contributed by atoms with van der Waals surface area (Å²) in [4.78, 5) is 11.0. The van der Waals surface area contributed by atoms with Gasteiger partial charge in [0.2, 0.25) is 0 Å². The Morgan fingerprint density at radius 3 is 2.10 bits per heavy atom. The first kappa shape index (κ1) is 16.5. The van der Waals surface area contributed by atoms with Gasteiger partial charge in [-0.1, -0.05) is 25.1 Å². The van der Waals surface area contributed by atoms with E-state index in [1.54, 1.807) is 20.8 Å². The third-order valence-corrected chi connectivity index (χ3v) is 3.75. The number of nitrogens with two attached hydrogens (primary N) is 1. The predicted molar refractivity (Wildman–Crippen MR) is 69.3 cm³/mol. The zero-order valence-corrected chi connectivity index (χ0v) is 11.6. The Labute approximate surface area is 115 Å². The largest absolute Gasteiger partial charge is 0.481 e. The molecule has 0 aliphatic rings. The van der Waals surface area contributed by atoms with Gasteiger partial charge in [0.25, 0.3) is 0 Å². The maximum atomic E-state index is 12.8. The molecule has 1 unspecified atom stereocenters. The summed E-state index contributed by atoms with van der Waals surface area (Å²) in [5.74, 6) is -1.11. The van der Waals surface area contributed by atoms with E-state index in [9.17, 15) is 18.0 Å². The minimum atomic E-state index is -4.47. The van der Waals surface area contributed by atoms with Gasteiger partial charge in [-0.25, -0.2) is 0 Å². The van der Waals surface area contributed by atoms with E-state index in [2.05, 4.69) is 0 Å². The van der Waals surface area contributed by atoms with Crippen LogP contribution >= 0.6 is 0 Å². The van der Waals surface area contributed by atoms with Crippen LogP contribution in [0.1, 0.15) is 38.3 Å². The Bertz CT molecular complexity index is 506. The van der Waals surface area contributed by atoms with Crippen molar-refractivity contribution in [3.63, 3.8) is 0 Å². The fourth-order valence-electron chi connectivity index (χ4n) is 2.04. The topological polar surface area (TPSA) is 63.3 Å². The third kappa shape index (κ3) is 3.30. The first-order chi connectivity index (χ1) is 8.88. The average molecular weight is 289 g/mol. The molecular weight excluding hydrogens is 271 g/mol. The number of carboxylic acid groups (broad SMARTS) is 1. The molecule has 0 aromatic heterocycles. The van der Waals surface area contributed by atoms with Crippen LogP contribution in [0.25, 0.3) is 0 Å². The molecule has 1 aromatic rings. The van der Waals surface area contributed by atoms with Gasteiger partial charge >= 0.3 is 12.1 Å². The molecule has 1 rings (SSSR count). The summed E-state index contributed by atoms with van der Waals surface area (Å²) in [7, 11) is 0. The molecule has 0 aliphatic carbocycles. The van der Waals surface area contributed by atoms with E-state index in [0.717, 1.165) is 12.1 Å². The lowest BCUT2D eigenvalue weighted by molar-refractivity contribution is -0.139. The van der Waals surface area contributed by atoms with Crippen molar-refractivity contribution in [3.05, 3.63) is 35.4 Å². The molecule has 1 atom stereocenters. The van der Waals surface area contributed by atoms with Gasteiger partial charge in [0.15, 0.2) is 0 Å². The van der Waals surface area contributed by atoms with E-state index in [-0.39, 0.29) is 12.0 Å². The summed E-state index contributed by atoms with van der Waals surface area (Å²) in [6, 6.07) is 4.67. The highest BCUT2D eigenvalue weighted by atomic mass is 19.4. The van der Waals surface area contributed by atoms with Crippen LogP contribution in [0.3, 0.4) is 0 Å². The number of hydrogen-bond acceptors (Lipinski definition) is 2. The monoisotopic (exact) mass is 289 g/mol. The summed E-state index contributed by atoms with van der Waals surface area (Å²) < 4.78 is 38.3. The van der Waals surface area contributed by atoms with Gasteiger partial charge in [0, 0.05) is 11.0 Å². The Morgan fingerprint density at radius 2 is 1.70 bits per heavy atom. The standard InChI is InChI=1S/C14H18F3NO2/c1-12(2,18)13(3,8-11(19)20)9-5-4-6-10(7-9)14(15,16)17/h4-7H,8,18H2,1-3H3,(H,19,20). The van der Waals surface area contributed by atoms with E-state index in [0.29, 0.717) is 0 Å².